The number of amides is 1. The second-order valence-corrected chi connectivity index (χ2v) is 12.5. The molecule has 0 unspecified atom stereocenters. The van der Waals surface area contributed by atoms with Crippen molar-refractivity contribution >= 4 is 16.8 Å². The number of hydrogen-bond donors (Lipinski definition) is 2. The lowest BCUT2D eigenvalue weighted by Crippen LogP contribution is -2.55. The van der Waals surface area contributed by atoms with Gasteiger partial charge >= 0.3 is 0 Å². The number of benzene rings is 2. The Balaban J connectivity index is 1.02. The molecule has 4 heterocycles. The van der Waals surface area contributed by atoms with Gasteiger partial charge in [0.25, 0.3) is 5.91 Å². The molecule has 1 amide bonds. The molecule has 2 aromatic carbocycles. The monoisotopic (exact) mass is 529 g/mol. The third kappa shape index (κ3) is 4.71. The molecule has 3 aromatic rings. The summed E-state index contributed by atoms with van der Waals surface area (Å²) in [6, 6.07) is 8.65. The van der Waals surface area contributed by atoms with Crippen molar-refractivity contribution in [1.29, 1.82) is 0 Å². The maximum absolute atomic E-state index is 13.7. The number of carbonyl (C=O) groups excluding carboxylic acids is 1. The van der Waals surface area contributed by atoms with Gasteiger partial charge in [-0.1, -0.05) is 18.2 Å². The van der Waals surface area contributed by atoms with Crippen LogP contribution in [0.4, 0.5) is 0 Å². The van der Waals surface area contributed by atoms with Crippen LogP contribution in [0.1, 0.15) is 72.8 Å². The van der Waals surface area contributed by atoms with Crippen molar-refractivity contribution in [3.63, 3.8) is 0 Å². The van der Waals surface area contributed by atoms with Crippen molar-refractivity contribution in [2.45, 2.75) is 77.7 Å². The average molecular weight is 530 g/mol. The highest BCUT2D eigenvalue weighted by Crippen LogP contribution is 2.44. The van der Waals surface area contributed by atoms with Crippen molar-refractivity contribution < 1.29 is 14.6 Å². The molecule has 0 aliphatic carbocycles. The van der Waals surface area contributed by atoms with E-state index in [9.17, 15) is 9.90 Å². The zero-order chi connectivity index (χ0) is 27.3. The van der Waals surface area contributed by atoms with Crippen LogP contribution in [0.3, 0.4) is 0 Å². The molecule has 0 bridgehead atoms. The van der Waals surface area contributed by atoms with Gasteiger partial charge in [0, 0.05) is 48.7 Å². The van der Waals surface area contributed by atoms with Crippen molar-refractivity contribution in [3.8, 4) is 11.5 Å². The van der Waals surface area contributed by atoms with E-state index in [2.05, 4.69) is 40.3 Å². The molecule has 39 heavy (non-hydrogen) atoms. The first-order chi connectivity index (χ1) is 18.7. The van der Waals surface area contributed by atoms with Crippen LogP contribution in [0.5, 0.6) is 11.5 Å². The van der Waals surface area contributed by atoms with Gasteiger partial charge in [0.2, 0.25) is 0 Å². The number of aromatic hydroxyl groups is 1. The van der Waals surface area contributed by atoms with E-state index >= 15 is 0 Å². The third-order valence-electron chi connectivity index (χ3n) is 10.0. The standard InChI is InChI=1S/C33H43N3O3/c1-21-22(2)31-26(23(3)30(21)37)9-14-33(4,39-31)32(38)36-17-10-24(11-18-36)20-35-15-12-25(13-16-35)28-19-34-29-8-6-5-7-27(28)29/h5-8,19,24-25,34,37H,9-18,20H2,1-4H3/t33-/m0/s1. The topological polar surface area (TPSA) is 68.8 Å². The summed E-state index contributed by atoms with van der Waals surface area (Å²) in [6.45, 7) is 12.9. The Kier molecular flexibility index (Phi) is 6.86. The highest BCUT2D eigenvalue weighted by atomic mass is 16.5. The minimum absolute atomic E-state index is 0.119. The molecule has 6 rings (SSSR count). The lowest BCUT2D eigenvalue weighted by Gasteiger charge is -2.42. The molecule has 3 aliphatic rings. The fraction of sp³-hybridized carbons (Fsp3) is 0.545. The van der Waals surface area contributed by atoms with Crippen molar-refractivity contribution in [2.24, 2.45) is 5.92 Å². The summed E-state index contributed by atoms with van der Waals surface area (Å²) in [5.41, 5.74) is 5.60. The smallest absolute Gasteiger partial charge is 0.266 e. The normalized spacial score (nSPS) is 23.1. The number of carbonyl (C=O) groups is 1. The minimum Gasteiger partial charge on any atom is -0.507 e. The van der Waals surface area contributed by atoms with Crippen LogP contribution in [-0.4, -0.2) is 64.1 Å². The van der Waals surface area contributed by atoms with Gasteiger partial charge in [0.05, 0.1) is 0 Å². The largest absolute Gasteiger partial charge is 0.507 e. The maximum atomic E-state index is 13.7. The molecule has 6 nitrogen and oxygen atoms in total. The number of fused-ring (bicyclic) bond motifs is 2. The maximum Gasteiger partial charge on any atom is 0.266 e. The number of nitrogens with one attached hydrogen (secondary N) is 1. The number of rotatable bonds is 4. The summed E-state index contributed by atoms with van der Waals surface area (Å²) in [4.78, 5) is 21.9. The first-order valence-corrected chi connectivity index (χ1v) is 14.8. The lowest BCUT2D eigenvalue weighted by molar-refractivity contribution is -0.150. The fourth-order valence-electron chi connectivity index (χ4n) is 7.27. The van der Waals surface area contributed by atoms with Crippen LogP contribution >= 0.6 is 0 Å². The van der Waals surface area contributed by atoms with E-state index in [-0.39, 0.29) is 5.91 Å². The van der Waals surface area contributed by atoms with Crippen molar-refractivity contribution in [2.75, 3.05) is 32.7 Å². The van der Waals surface area contributed by atoms with Crippen LogP contribution in [0.15, 0.2) is 30.5 Å². The van der Waals surface area contributed by atoms with Crippen LogP contribution in [0, 0.1) is 26.7 Å². The zero-order valence-corrected chi connectivity index (χ0v) is 24.0. The number of ether oxygens (including phenoxy) is 1. The van der Waals surface area contributed by atoms with Crippen molar-refractivity contribution in [1.82, 2.24) is 14.8 Å². The van der Waals surface area contributed by atoms with E-state index in [1.54, 1.807) is 0 Å². The molecular weight excluding hydrogens is 486 g/mol. The van der Waals surface area contributed by atoms with E-state index in [1.165, 1.54) is 29.3 Å². The summed E-state index contributed by atoms with van der Waals surface area (Å²) in [7, 11) is 0. The first-order valence-electron chi connectivity index (χ1n) is 14.8. The number of phenolic OH excluding ortho intramolecular Hbond substituents is 1. The number of hydrogen-bond acceptors (Lipinski definition) is 4. The van der Waals surface area contributed by atoms with Crippen LogP contribution in [0.2, 0.25) is 0 Å². The Morgan fingerprint density at radius 3 is 2.49 bits per heavy atom. The van der Waals surface area contributed by atoms with Gasteiger partial charge < -0.3 is 24.6 Å². The molecule has 0 saturated carbocycles. The molecule has 1 aromatic heterocycles. The second kappa shape index (κ2) is 10.2. The highest BCUT2D eigenvalue weighted by molar-refractivity contribution is 5.86. The Hall–Kier alpha value is -2.99. The van der Waals surface area contributed by atoms with Gasteiger partial charge in [0.15, 0.2) is 5.60 Å². The minimum atomic E-state index is -0.843. The first kappa shape index (κ1) is 26.2. The van der Waals surface area contributed by atoms with Gasteiger partial charge in [-0.3, -0.25) is 4.79 Å². The van der Waals surface area contributed by atoms with Gasteiger partial charge in [-0.15, -0.1) is 0 Å². The number of piperidine rings is 2. The Labute approximate surface area is 232 Å². The van der Waals surface area contributed by atoms with E-state index in [4.69, 9.17) is 4.74 Å². The Morgan fingerprint density at radius 1 is 1.03 bits per heavy atom. The summed E-state index contributed by atoms with van der Waals surface area (Å²) in [5, 5.41) is 11.9. The number of phenols is 1. The van der Waals surface area contributed by atoms with Gasteiger partial charge in [-0.25, -0.2) is 0 Å². The van der Waals surface area contributed by atoms with E-state index in [0.29, 0.717) is 24.0 Å². The zero-order valence-electron chi connectivity index (χ0n) is 24.0. The highest BCUT2D eigenvalue weighted by Gasteiger charge is 2.44. The number of H-pyrrole nitrogens is 1. The SMILES string of the molecule is Cc1c(C)c2c(c(C)c1O)CC[C@@](C)(C(=O)N1CCC(CN3CCC(c4c[nH]c5ccccc45)CC3)CC1)O2. The van der Waals surface area contributed by atoms with Crippen LogP contribution in [-0.2, 0) is 11.2 Å². The molecule has 2 N–H and O–H groups in total. The van der Waals surface area contributed by atoms with E-state index < -0.39 is 5.60 Å². The predicted molar refractivity (Wildman–Crippen MR) is 156 cm³/mol. The lowest BCUT2D eigenvalue weighted by atomic mass is 9.85. The second-order valence-electron chi connectivity index (χ2n) is 12.5. The fourth-order valence-corrected chi connectivity index (χ4v) is 7.27. The van der Waals surface area contributed by atoms with E-state index in [1.807, 2.05) is 32.6 Å². The predicted octanol–water partition coefficient (Wildman–Crippen LogP) is 6.00. The van der Waals surface area contributed by atoms with Crippen LogP contribution < -0.4 is 4.74 Å². The molecular formula is C33H43N3O3. The number of aromatic amines is 1. The van der Waals surface area contributed by atoms with E-state index in [0.717, 1.165) is 80.0 Å². The quantitative estimate of drug-likeness (QED) is 0.435. The number of nitrogens with zero attached hydrogens (tertiary/aromatic N) is 2. The molecule has 2 fully saturated rings. The number of aromatic nitrogens is 1. The Bertz CT molecular complexity index is 1380. The van der Waals surface area contributed by atoms with Gasteiger partial charge in [-0.05, 0) is 113 Å². The Morgan fingerprint density at radius 2 is 1.74 bits per heavy atom. The molecule has 0 spiro atoms. The summed E-state index contributed by atoms with van der Waals surface area (Å²) in [5.74, 6) is 2.56. The summed E-state index contributed by atoms with van der Waals surface area (Å²) >= 11 is 0. The molecule has 208 valence electrons. The molecule has 1 atom stereocenters. The average Bonchev–Trinajstić information content (AvgIpc) is 3.40. The molecule has 0 radical (unpaired) electrons. The number of likely N-dealkylation sites (tertiary alicyclic amines) is 2. The summed E-state index contributed by atoms with van der Waals surface area (Å²) in [6.07, 6.45) is 8.17. The van der Waals surface area contributed by atoms with Gasteiger partial charge in [0.1, 0.15) is 11.5 Å². The van der Waals surface area contributed by atoms with Crippen LogP contribution in [0.25, 0.3) is 10.9 Å². The summed E-state index contributed by atoms with van der Waals surface area (Å²) < 4.78 is 6.48. The van der Waals surface area contributed by atoms with Gasteiger partial charge in [-0.2, -0.15) is 0 Å². The third-order valence-corrected chi connectivity index (χ3v) is 10.0. The molecule has 2 saturated heterocycles. The molecule has 6 heteroatoms. The number of para-hydroxylation sites is 1. The molecule has 3 aliphatic heterocycles. The van der Waals surface area contributed by atoms with Crippen molar-refractivity contribution in [3.05, 3.63) is 58.3 Å².